The first-order valence-corrected chi connectivity index (χ1v) is 9.23. The number of hydrogen-bond donors (Lipinski definition) is 0. The van der Waals surface area contributed by atoms with Crippen LogP contribution in [0.5, 0.6) is 0 Å². The first kappa shape index (κ1) is 17.3. The quantitative estimate of drug-likeness (QED) is 0.656. The van der Waals surface area contributed by atoms with Gasteiger partial charge >= 0.3 is 0 Å². The number of thiophene rings is 1. The fraction of sp³-hybridized carbons (Fsp3) is 0.250. The molecule has 2 heterocycles. The van der Waals surface area contributed by atoms with Gasteiger partial charge in [0.25, 0.3) is 5.91 Å². The summed E-state index contributed by atoms with van der Waals surface area (Å²) in [5.74, 6) is -0.456. The molecule has 0 unspecified atom stereocenters. The number of carbonyl (C=O) groups is 1. The Morgan fingerprint density at radius 3 is 2.67 bits per heavy atom. The van der Waals surface area contributed by atoms with Crippen LogP contribution in [-0.2, 0) is 0 Å². The van der Waals surface area contributed by atoms with Crippen molar-refractivity contribution in [2.45, 2.75) is 0 Å². The van der Waals surface area contributed by atoms with E-state index in [1.807, 2.05) is 19.0 Å². The molecule has 126 valence electrons. The lowest BCUT2D eigenvalue weighted by molar-refractivity contribution is 0.0989. The maximum atomic E-state index is 13.4. The molecule has 0 aliphatic heterocycles. The van der Waals surface area contributed by atoms with Crippen LogP contribution in [-0.4, -0.2) is 43.0 Å². The van der Waals surface area contributed by atoms with Gasteiger partial charge in [-0.1, -0.05) is 22.9 Å². The van der Waals surface area contributed by atoms with E-state index in [2.05, 4.69) is 4.98 Å². The molecule has 0 aliphatic rings. The van der Waals surface area contributed by atoms with Gasteiger partial charge in [0.05, 0.1) is 19.4 Å². The smallest absolute Gasteiger partial charge is 0.270 e. The van der Waals surface area contributed by atoms with E-state index in [1.54, 1.807) is 23.1 Å². The molecule has 0 saturated heterocycles. The average Bonchev–Trinajstić information content (AvgIpc) is 3.12. The topological polar surface area (TPSA) is 36.4 Å². The number of nitrogens with zero attached hydrogens (tertiary/aromatic N) is 3. The number of rotatable bonds is 5. The van der Waals surface area contributed by atoms with Crippen molar-refractivity contribution in [1.29, 1.82) is 0 Å². The summed E-state index contributed by atoms with van der Waals surface area (Å²) in [7, 11) is 3.89. The summed E-state index contributed by atoms with van der Waals surface area (Å²) in [6, 6.07) is 7.85. The predicted molar refractivity (Wildman–Crippen MR) is 99.1 cm³/mol. The zero-order valence-electron chi connectivity index (χ0n) is 13.1. The molecule has 0 aliphatic carbocycles. The number of aromatic nitrogens is 1. The minimum absolute atomic E-state index is 0.145. The number of carbonyl (C=O) groups excluding carboxylic acids is 1. The average molecular weight is 384 g/mol. The molecule has 0 saturated carbocycles. The third kappa shape index (κ3) is 3.75. The summed E-state index contributed by atoms with van der Waals surface area (Å²) in [5, 5.41) is 0.562. The number of benzene rings is 1. The maximum Gasteiger partial charge on any atom is 0.270 e. The van der Waals surface area contributed by atoms with E-state index in [0.29, 0.717) is 33.0 Å². The van der Waals surface area contributed by atoms with Crippen molar-refractivity contribution in [3.05, 3.63) is 45.4 Å². The Hall–Kier alpha value is -1.54. The fourth-order valence-corrected chi connectivity index (χ4v) is 4.15. The third-order valence-corrected chi connectivity index (χ3v) is 5.63. The molecular formula is C16H15ClFN3OS2. The summed E-state index contributed by atoms with van der Waals surface area (Å²) in [4.78, 5) is 21.5. The van der Waals surface area contributed by atoms with E-state index < -0.39 is 0 Å². The second-order valence-electron chi connectivity index (χ2n) is 5.47. The molecule has 0 fully saturated rings. The van der Waals surface area contributed by atoms with Gasteiger partial charge in [0, 0.05) is 13.1 Å². The molecule has 0 radical (unpaired) electrons. The Labute approximate surface area is 152 Å². The molecule has 0 N–H and O–H groups in total. The third-order valence-electron chi connectivity index (χ3n) is 3.37. The second-order valence-corrected chi connectivity index (χ2v) is 8.20. The number of amides is 1. The molecule has 0 atom stereocenters. The Bertz CT molecular complexity index is 877. The number of fused-ring (bicyclic) bond motifs is 1. The van der Waals surface area contributed by atoms with Crippen LogP contribution in [0.25, 0.3) is 10.2 Å². The highest BCUT2D eigenvalue weighted by Gasteiger charge is 2.22. The van der Waals surface area contributed by atoms with Crippen LogP contribution in [0.2, 0.25) is 4.34 Å². The lowest BCUT2D eigenvalue weighted by Gasteiger charge is -2.21. The van der Waals surface area contributed by atoms with E-state index in [4.69, 9.17) is 11.6 Å². The number of likely N-dealkylation sites (N-methyl/N-ethyl adjacent to an activating group) is 1. The highest BCUT2D eigenvalue weighted by molar-refractivity contribution is 7.22. The number of anilines is 1. The van der Waals surface area contributed by atoms with E-state index in [-0.39, 0.29) is 11.7 Å². The summed E-state index contributed by atoms with van der Waals surface area (Å²) < 4.78 is 14.7. The fourth-order valence-electron chi connectivity index (χ4n) is 2.15. The number of hydrogen-bond acceptors (Lipinski definition) is 5. The van der Waals surface area contributed by atoms with Gasteiger partial charge in [-0.25, -0.2) is 9.37 Å². The molecule has 8 heteroatoms. The Balaban J connectivity index is 1.97. The summed E-state index contributed by atoms with van der Waals surface area (Å²) in [5.41, 5.74) is 0.684. The van der Waals surface area contributed by atoms with Gasteiger partial charge in [-0.15, -0.1) is 11.3 Å². The second kappa shape index (κ2) is 7.14. The van der Waals surface area contributed by atoms with Gasteiger partial charge in [0.15, 0.2) is 5.13 Å². The standard InChI is InChI=1S/C16H15ClFN3OS2/c1-20(2)7-8-21(15(22)12-5-6-14(17)23-12)16-19-11-4-3-10(18)9-13(11)24-16/h3-6,9H,7-8H2,1-2H3. The van der Waals surface area contributed by atoms with Crippen LogP contribution in [0.1, 0.15) is 9.67 Å². The Morgan fingerprint density at radius 1 is 1.21 bits per heavy atom. The van der Waals surface area contributed by atoms with Gasteiger partial charge in [0.2, 0.25) is 0 Å². The normalized spacial score (nSPS) is 11.4. The molecular weight excluding hydrogens is 369 g/mol. The van der Waals surface area contributed by atoms with Gasteiger partial charge in [0.1, 0.15) is 5.82 Å². The minimum Gasteiger partial charge on any atom is -0.308 e. The predicted octanol–water partition coefficient (Wildman–Crippen LogP) is 4.36. The van der Waals surface area contributed by atoms with Crippen molar-refractivity contribution in [1.82, 2.24) is 9.88 Å². The first-order chi connectivity index (χ1) is 11.4. The minimum atomic E-state index is -0.311. The van der Waals surface area contributed by atoms with Crippen LogP contribution in [0.4, 0.5) is 9.52 Å². The van der Waals surface area contributed by atoms with Crippen LogP contribution in [0.15, 0.2) is 30.3 Å². The van der Waals surface area contributed by atoms with Crippen molar-refractivity contribution in [2.24, 2.45) is 0 Å². The molecule has 0 bridgehead atoms. The van der Waals surface area contributed by atoms with E-state index >= 15 is 0 Å². The molecule has 0 spiro atoms. The van der Waals surface area contributed by atoms with Crippen LogP contribution in [0.3, 0.4) is 0 Å². The van der Waals surface area contributed by atoms with Crippen molar-refractivity contribution in [3.8, 4) is 0 Å². The van der Waals surface area contributed by atoms with Crippen LogP contribution in [0, 0.1) is 5.82 Å². The van der Waals surface area contributed by atoms with Crippen molar-refractivity contribution in [2.75, 3.05) is 32.1 Å². The lowest BCUT2D eigenvalue weighted by Crippen LogP contribution is -2.36. The maximum absolute atomic E-state index is 13.4. The van der Waals surface area contributed by atoms with Gasteiger partial charge in [-0.3, -0.25) is 9.69 Å². The summed E-state index contributed by atoms with van der Waals surface area (Å²) in [6.07, 6.45) is 0. The monoisotopic (exact) mass is 383 g/mol. The molecule has 1 aromatic carbocycles. The molecule has 3 aromatic rings. The number of halogens is 2. The molecule has 2 aromatic heterocycles. The zero-order chi connectivity index (χ0) is 17.3. The van der Waals surface area contributed by atoms with Crippen LogP contribution >= 0.6 is 34.3 Å². The lowest BCUT2D eigenvalue weighted by atomic mass is 10.3. The number of thiazole rings is 1. The Morgan fingerprint density at radius 2 is 2.00 bits per heavy atom. The first-order valence-electron chi connectivity index (χ1n) is 7.22. The highest BCUT2D eigenvalue weighted by Crippen LogP contribution is 2.31. The van der Waals surface area contributed by atoms with Crippen molar-refractivity contribution < 1.29 is 9.18 Å². The SMILES string of the molecule is CN(C)CCN(C(=O)c1ccc(Cl)s1)c1nc2ccc(F)cc2s1. The highest BCUT2D eigenvalue weighted by atomic mass is 35.5. The zero-order valence-corrected chi connectivity index (χ0v) is 15.5. The van der Waals surface area contributed by atoms with Gasteiger partial charge in [-0.2, -0.15) is 0 Å². The molecule has 1 amide bonds. The van der Waals surface area contributed by atoms with Gasteiger partial charge in [-0.05, 0) is 44.4 Å². The summed E-state index contributed by atoms with van der Waals surface area (Å²) in [6.45, 7) is 1.18. The van der Waals surface area contributed by atoms with E-state index in [1.165, 1.54) is 34.8 Å². The van der Waals surface area contributed by atoms with Crippen molar-refractivity contribution in [3.63, 3.8) is 0 Å². The van der Waals surface area contributed by atoms with Crippen molar-refractivity contribution >= 4 is 55.5 Å². The largest absolute Gasteiger partial charge is 0.308 e. The molecule has 4 nitrogen and oxygen atoms in total. The van der Waals surface area contributed by atoms with E-state index in [0.717, 1.165) is 4.70 Å². The summed E-state index contributed by atoms with van der Waals surface area (Å²) >= 11 is 8.50. The van der Waals surface area contributed by atoms with Crippen LogP contribution < -0.4 is 4.90 Å². The molecule has 24 heavy (non-hydrogen) atoms. The Kier molecular flexibility index (Phi) is 5.15. The molecule has 3 rings (SSSR count). The van der Waals surface area contributed by atoms with E-state index in [9.17, 15) is 9.18 Å². The van der Waals surface area contributed by atoms with Gasteiger partial charge < -0.3 is 4.90 Å².